The molecule has 1 heterocycles. The van der Waals surface area contributed by atoms with E-state index in [2.05, 4.69) is 39.1 Å². The Morgan fingerprint density at radius 2 is 2.17 bits per heavy atom. The van der Waals surface area contributed by atoms with E-state index in [1.54, 1.807) is 0 Å². The lowest BCUT2D eigenvalue weighted by atomic mass is 10.0. The molecule has 0 unspecified atom stereocenters. The highest BCUT2D eigenvalue weighted by molar-refractivity contribution is 9.10. The van der Waals surface area contributed by atoms with Crippen LogP contribution in [0.2, 0.25) is 0 Å². The van der Waals surface area contributed by atoms with E-state index in [-0.39, 0.29) is 12.4 Å². The molecule has 0 saturated carbocycles. The highest BCUT2D eigenvalue weighted by atomic mass is 79.9. The number of hydrogen-bond acceptors (Lipinski definition) is 1. The van der Waals surface area contributed by atoms with Crippen molar-refractivity contribution in [1.29, 1.82) is 0 Å². The molecule has 1 nitrogen and oxygen atoms in total. The maximum atomic E-state index is 4.21. The molecule has 2 rings (SSSR count). The van der Waals surface area contributed by atoms with Gasteiger partial charge in [-0.2, -0.15) is 0 Å². The van der Waals surface area contributed by atoms with Gasteiger partial charge in [0.05, 0.1) is 0 Å². The second kappa shape index (κ2) is 4.06. The van der Waals surface area contributed by atoms with Crippen LogP contribution in [-0.4, -0.2) is 12.8 Å². The summed E-state index contributed by atoms with van der Waals surface area (Å²) in [5.74, 6) is 0. The van der Waals surface area contributed by atoms with E-state index >= 15 is 0 Å². The third-order valence-electron chi connectivity index (χ3n) is 1.85. The van der Waals surface area contributed by atoms with Gasteiger partial charge in [0.2, 0.25) is 0 Å². The van der Waals surface area contributed by atoms with Crippen LogP contribution in [0.1, 0.15) is 11.1 Å². The number of rotatable bonds is 0. The van der Waals surface area contributed by atoms with E-state index in [1.165, 1.54) is 11.1 Å². The Hall–Kier alpha value is -0.340. The maximum Gasteiger partial charge on any atom is 0.0430 e. The fourth-order valence-electron chi connectivity index (χ4n) is 1.26. The Kier molecular flexibility index (Phi) is 3.29. The summed E-state index contributed by atoms with van der Waals surface area (Å²) in [5.41, 5.74) is 2.66. The molecule has 0 spiro atoms. The molecular formula is C9H9BrClN. The minimum atomic E-state index is 0. The Morgan fingerprint density at radius 3 is 3.00 bits per heavy atom. The summed E-state index contributed by atoms with van der Waals surface area (Å²) in [4.78, 5) is 4.21. The summed E-state index contributed by atoms with van der Waals surface area (Å²) in [6, 6.07) is 6.35. The van der Waals surface area contributed by atoms with Crippen LogP contribution in [0.5, 0.6) is 0 Å². The zero-order valence-electron chi connectivity index (χ0n) is 6.46. The van der Waals surface area contributed by atoms with E-state index in [0.29, 0.717) is 0 Å². The van der Waals surface area contributed by atoms with Crippen LogP contribution in [0.3, 0.4) is 0 Å². The van der Waals surface area contributed by atoms with Gasteiger partial charge in [-0.15, -0.1) is 12.4 Å². The van der Waals surface area contributed by atoms with E-state index in [0.717, 1.165) is 17.4 Å². The zero-order valence-corrected chi connectivity index (χ0v) is 8.86. The Balaban J connectivity index is 0.000000720. The number of fused-ring (bicyclic) bond motifs is 1. The van der Waals surface area contributed by atoms with E-state index in [1.807, 2.05) is 6.21 Å². The third kappa shape index (κ3) is 1.87. The quantitative estimate of drug-likeness (QED) is 0.667. The monoisotopic (exact) mass is 245 g/mol. The topological polar surface area (TPSA) is 12.4 Å². The molecule has 3 heteroatoms. The number of hydrogen-bond donors (Lipinski definition) is 0. The van der Waals surface area contributed by atoms with E-state index < -0.39 is 0 Å². The number of aliphatic imine (C=N–C) groups is 1. The molecule has 0 aliphatic carbocycles. The zero-order chi connectivity index (χ0) is 7.68. The maximum absolute atomic E-state index is 4.21. The van der Waals surface area contributed by atoms with Crippen molar-refractivity contribution in [2.75, 3.05) is 6.54 Å². The highest BCUT2D eigenvalue weighted by Gasteiger charge is 2.03. The minimum Gasteiger partial charge on any atom is -0.292 e. The largest absolute Gasteiger partial charge is 0.292 e. The van der Waals surface area contributed by atoms with Crippen molar-refractivity contribution < 1.29 is 0 Å². The fourth-order valence-corrected chi connectivity index (χ4v) is 1.64. The second-order valence-corrected chi connectivity index (χ2v) is 3.54. The van der Waals surface area contributed by atoms with Crippen LogP contribution in [0, 0.1) is 0 Å². The second-order valence-electron chi connectivity index (χ2n) is 2.63. The smallest absolute Gasteiger partial charge is 0.0430 e. The molecule has 0 atom stereocenters. The van der Waals surface area contributed by atoms with E-state index in [9.17, 15) is 0 Å². The van der Waals surface area contributed by atoms with Gasteiger partial charge in [0.1, 0.15) is 0 Å². The summed E-state index contributed by atoms with van der Waals surface area (Å²) in [5, 5.41) is 0. The van der Waals surface area contributed by atoms with Crippen molar-refractivity contribution in [1.82, 2.24) is 0 Å². The Morgan fingerprint density at radius 1 is 1.33 bits per heavy atom. The number of benzene rings is 1. The van der Waals surface area contributed by atoms with Gasteiger partial charge in [0, 0.05) is 17.2 Å². The summed E-state index contributed by atoms with van der Waals surface area (Å²) in [6.07, 6.45) is 3.03. The van der Waals surface area contributed by atoms with Gasteiger partial charge in [-0.1, -0.05) is 22.0 Å². The van der Waals surface area contributed by atoms with Gasteiger partial charge in [0.25, 0.3) is 0 Å². The fraction of sp³-hybridized carbons (Fsp3) is 0.222. The standard InChI is InChI=1S/C9H8BrN.ClH/c10-9-2-1-7-3-4-11-6-8(7)5-9;/h1-2,5-6H,3-4H2;1H. The number of halogens is 2. The summed E-state index contributed by atoms with van der Waals surface area (Å²) in [6.45, 7) is 0.939. The van der Waals surface area contributed by atoms with Gasteiger partial charge in [0.15, 0.2) is 0 Å². The Labute approximate surface area is 86.4 Å². The van der Waals surface area contributed by atoms with Crippen LogP contribution < -0.4 is 0 Å². The first kappa shape index (κ1) is 9.75. The van der Waals surface area contributed by atoms with Crippen LogP contribution in [-0.2, 0) is 6.42 Å². The lowest BCUT2D eigenvalue weighted by Gasteiger charge is -2.08. The molecule has 1 aliphatic rings. The highest BCUT2D eigenvalue weighted by Crippen LogP contribution is 2.17. The predicted octanol–water partition coefficient (Wildman–Crippen LogP) is 2.85. The van der Waals surface area contributed by atoms with Crippen molar-refractivity contribution in [3.8, 4) is 0 Å². The average molecular weight is 247 g/mol. The van der Waals surface area contributed by atoms with E-state index in [4.69, 9.17) is 0 Å². The van der Waals surface area contributed by atoms with Crippen molar-refractivity contribution in [2.24, 2.45) is 4.99 Å². The first-order chi connectivity index (χ1) is 5.36. The molecule has 0 N–H and O–H groups in total. The minimum absolute atomic E-state index is 0. The van der Waals surface area contributed by atoms with Gasteiger partial charge in [-0.05, 0) is 29.7 Å². The summed E-state index contributed by atoms with van der Waals surface area (Å²) in [7, 11) is 0. The summed E-state index contributed by atoms with van der Waals surface area (Å²) >= 11 is 3.43. The van der Waals surface area contributed by atoms with Crippen molar-refractivity contribution in [3.05, 3.63) is 33.8 Å². The normalized spacial score (nSPS) is 13.4. The molecule has 0 amide bonds. The van der Waals surface area contributed by atoms with Crippen LogP contribution in [0.25, 0.3) is 0 Å². The lowest BCUT2D eigenvalue weighted by molar-refractivity contribution is 0.952. The van der Waals surface area contributed by atoms with Crippen molar-refractivity contribution in [3.63, 3.8) is 0 Å². The molecule has 12 heavy (non-hydrogen) atoms. The van der Waals surface area contributed by atoms with Crippen molar-refractivity contribution >= 4 is 34.6 Å². The first-order valence-electron chi connectivity index (χ1n) is 3.64. The average Bonchev–Trinajstić information content (AvgIpc) is 2.04. The van der Waals surface area contributed by atoms with Gasteiger partial charge in [-0.3, -0.25) is 4.99 Å². The SMILES string of the molecule is Brc1ccc2c(c1)C=NCC2.Cl. The molecule has 1 aromatic rings. The molecule has 0 radical (unpaired) electrons. The summed E-state index contributed by atoms with van der Waals surface area (Å²) < 4.78 is 1.13. The lowest BCUT2D eigenvalue weighted by Crippen LogP contribution is -2.01. The number of nitrogens with zero attached hydrogens (tertiary/aromatic N) is 1. The molecule has 0 saturated heterocycles. The van der Waals surface area contributed by atoms with Crippen LogP contribution in [0.4, 0.5) is 0 Å². The first-order valence-corrected chi connectivity index (χ1v) is 4.44. The molecule has 0 fully saturated rings. The third-order valence-corrected chi connectivity index (χ3v) is 2.34. The molecule has 64 valence electrons. The van der Waals surface area contributed by atoms with Crippen LogP contribution >= 0.6 is 28.3 Å². The van der Waals surface area contributed by atoms with Gasteiger partial charge >= 0.3 is 0 Å². The Bertz CT molecular complexity index is 309. The van der Waals surface area contributed by atoms with Crippen LogP contribution in [0.15, 0.2) is 27.7 Å². The molecule has 1 aliphatic heterocycles. The van der Waals surface area contributed by atoms with Crippen molar-refractivity contribution in [2.45, 2.75) is 6.42 Å². The molecule has 0 bridgehead atoms. The molecular weight excluding hydrogens is 237 g/mol. The van der Waals surface area contributed by atoms with Gasteiger partial charge in [-0.25, -0.2) is 0 Å². The predicted molar refractivity (Wildman–Crippen MR) is 57.6 cm³/mol. The molecule has 0 aromatic heterocycles. The van der Waals surface area contributed by atoms with Gasteiger partial charge < -0.3 is 0 Å². The molecule has 1 aromatic carbocycles.